The van der Waals surface area contributed by atoms with Crippen molar-refractivity contribution in [2.24, 2.45) is 5.16 Å². The van der Waals surface area contributed by atoms with Crippen LogP contribution < -0.4 is 22.1 Å². The number of rotatable bonds is 7. The SMILES string of the molecule is CCO/N=C\c1ccc(N)cc1.CNC(=O)[C@H](Cc1ccc(O)c(N)c1)NC(C)=O. The number of hydrogen-bond donors (Lipinski definition) is 5. The first-order chi connectivity index (χ1) is 14.3. The van der Waals surface area contributed by atoms with Crippen LogP contribution in [-0.4, -0.2) is 42.8 Å². The summed E-state index contributed by atoms with van der Waals surface area (Å²) in [5.74, 6) is -0.568. The Kier molecular flexibility index (Phi) is 10.2. The second kappa shape index (κ2) is 12.7. The van der Waals surface area contributed by atoms with E-state index in [9.17, 15) is 14.7 Å². The predicted octanol–water partition coefficient (Wildman–Crippen LogP) is 1.41. The molecule has 9 nitrogen and oxygen atoms in total. The Balaban J connectivity index is 0.000000325. The molecular weight excluding hydrogens is 386 g/mol. The summed E-state index contributed by atoms with van der Waals surface area (Å²) < 4.78 is 0. The van der Waals surface area contributed by atoms with Crippen molar-refractivity contribution in [3.63, 3.8) is 0 Å². The minimum atomic E-state index is -0.656. The van der Waals surface area contributed by atoms with E-state index in [0.717, 1.165) is 16.8 Å². The first-order valence-electron chi connectivity index (χ1n) is 9.33. The summed E-state index contributed by atoms with van der Waals surface area (Å²) in [7, 11) is 1.50. The number of hydrogen-bond acceptors (Lipinski definition) is 7. The molecule has 1 atom stereocenters. The highest BCUT2D eigenvalue weighted by Gasteiger charge is 2.18. The van der Waals surface area contributed by atoms with Crippen molar-refractivity contribution in [2.75, 3.05) is 25.1 Å². The van der Waals surface area contributed by atoms with Crippen LogP contribution in [-0.2, 0) is 20.8 Å². The Morgan fingerprint density at radius 3 is 2.40 bits per heavy atom. The van der Waals surface area contributed by atoms with E-state index in [-0.39, 0.29) is 23.3 Å². The maximum absolute atomic E-state index is 11.6. The van der Waals surface area contributed by atoms with Gasteiger partial charge in [-0.15, -0.1) is 0 Å². The van der Waals surface area contributed by atoms with Gasteiger partial charge in [0.25, 0.3) is 0 Å². The largest absolute Gasteiger partial charge is 0.506 e. The smallest absolute Gasteiger partial charge is 0.242 e. The van der Waals surface area contributed by atoms with E-state index >= 15 is 0 Å². The number of phenolic OH excluding ortho intramolecular Hbond substituents is 1. The van der Waals surface area contributed by atoms with Crippen LogP contribution in [0.4, 0.5) is 11.4 Å². The average molecular weight is 415 g/mol. The Hall–Kier alpha value is -3.75. The van der Waals surface area contributed by atoms with E-state index in [4.69, 9.17) is 16.3 Å². The monoisotopic (exact) mass is 415 g/mol. The van der Waals surface area contributed by atoms with E-state index in [1.54, 1.807) is 18.3 Å². The lowest BCUT2D eigenvalue weighted by Crippen LogP contribution is -2.46. The number of nitrogens with one attached hydrogen (secondary N) is 2. The number of likely N-dealkylation sites (N-methyl/N-ethyl adjacent to an activating group) is 1. The fourth-order valence-electron chi connectivity index (χ4n) is 2.35. The summed E-state index contributed by atoms with van der Waals surface area (Å²) in [6.07, 6.45) is 1.96. The van der Waals surface area contributed by atoms with Crippen LogP contribution in [0.1, 0.15) is 25.0 Å². The average Bonchev–Trinajstić information content (AvgIpc) is 2.71. The van der Waals surface area contributed by atoms with Crippen LogP contribution in [0.15, 0.2) is 47.6 Å². The molecule has 0 aliphatic carbocycles. The Labute approximate surface area is 176 Å². The number of anilines is 2. The van der Waals surface area contributed by atoms with Crippen molar-refractivity contribution in [3.05, 3.63) is 53.6 Å². The lowest BCUT2D eigenvalue weighted by molar-refractivity contribution is -0.127. The third-order valence-electron chi connectivity index (χ3n) is 3.81. The molecule has 2 aromatic rings. The molecule has 162 valence electrons. The fourth-order valence-corrected chi connectivity index (χ4v) is 2.35. The Morgan fingerprint density at radius 2 is 1.87 bits per heavy atom. The Bertz CT molecular complexity index is 853. The predicted molar refractivity (Wildman–Crippen MR) is 118 cm³/mol. The highest BCUT2D eigenvalue weighted by Crippen LogP contribution is 2.21. The number of aromatic hydroxyl groups is 1. The van der Waals surface area contributed by atoms with Crippen LogP contribution in [0.5, 0.6) is 5.75 Å². The number of phenols is 1. The zero-order chi connectivity index (χ0) is 22.5. The number of nitrogen functional groups attached to an aromatic ring is 2. The van der Waals surface area contributed by atoms with Crippen LogP contribution >= 0.6 is 0 Å². The molecule has 0 heterocycles. The summed E-state index contributed by atoms with van der Waals surface area (Å²) in [6.45, 7) is 3.83. The topological polar surface area (TPSA) is 152 Å². The summed E-state index contributed by atoms with van der Waals surface area (Å²) in [4.78, 5) is 27.4. The van der Waals surface area contributed by atoms with E-state index in [2.05, 4.69) is 15.8 Å². The van der Waals surface area contributed by atoms with E-state index in [0.29, 0.717) is 13.0 Å². The first kappa shape index (κ1) is 24.3. The number of oxime groups is 1. The molecule has 30 heavy (non-hydrogen) atoms. The van der Waals surface area contributed by atoms with Gasteiger partial charge in [0.05, 0.1) is 11.9 Å². The number of carbonyl (C=O) groups is 2. The fraction of sp³-hybridized carbons (Fsp3) is 0.286. The van der Waals surface area contributed by atoms with E-state index in [1.807, 2.05) is 31.2 Å². The summed E-state index contributed by atoms with van der Waals surface area (Å²) >= 11 is 0. The van der Waals surface area contributed by atoms with Crippen LogP contribution in [0.25, 0.3) is 0 Å². The molecule has 2 amide bonds. The molecule has 7 N–H and O–H groups in total. The Morgan fingerprint density at radius 1 is 1.20 bits per heavy atom. The van der Waals surface area contributed by atoms with Crippen LogP contribution in [0.2, 0.25) is 0 Å². The minimum absolute atomic E-state index is 0.00484. The van der Waals surface area contributed by atoms with Gasteiger partial charge >= 0.3 is 0 Å². The number of nitrogens with two attached hydrogens (primary N) is 2. The molecule has 2 aromatic carbocycles. The van der Waals surface area contributed by atoms with Gasteiger partial charge in [-0.25, -0.2) is 0 Å². The highest BCUT2D eigenvalue weighted by molar-refractivity contribution is 5.87. The molecule has 0 aliphatic heterocycles. The second-order valence-electron chi connectivity index (χ2n) is 6.28. The number of amides is 2. The van der Waals surface area contributed by atoms with Crippen molar-refractivity contribution in [2.45, 2.75) is 26.3 Å². The summed E-state index contributed by atoms with van der Waals surface area (Å²) in [5, 5.41) is 18.1. The van der Waals surface area contributed by atoms with Gasteiger partial charge in [-0.2, -0.15) is 0 Å². The zero-order valence-corrected chi connectivity index (χ0v) is 17.4. The number of benzene rings is 2. The van der Waals surface area contributed by atoms with Crippen LogP contribution in [0, 0.1) is 0 Å². The molecule has 0 spiro atoms. The molecule has 0 radical (unpaired) electrons. The molecular formula is C21H29N5O4. The van der Waals surface area contributed by atoms with Gasteiger partial charge in [-0.1, -0.05) is 23.4 Å². The third kappa shape index (κ3) is 8.96. The minimum Gasteiger partial charge on any atom is -0.506 e. The van der Waals surface area contributed by atoms with Gasteiger partial charge in [-0.3, -0.25) is 9.59 Å². The number of nitrogens with zero attached hydrogens (tertiary/aromatic N) is 1. The highest BCUT2D eigenvalue weighted by atomic mass is 16.6. The van der Waals surface area contributed by atoms with Gasteiger partial charge < -0.3 is 32.0 Å². The van der Waals surface area contributed by atoms with E-state index in [1.165, 1.54) is 20.0 Å². The van der Waals surface area contributed by atoms with Gasteiger partial charge in [0, 0.05) is 26.1 Å². The lowest BCUT2D eigenvalue weighted by Gasteiger charge is -2.16. The van der Waals surface area contributed by atoms with Crippen LogP contribution in [0.3, 0.4) is 0 Å². The quantitative estimate of drug-likeness (QED) is 0.199. The van der Waals surface area contributed by atoms with Gasteiger partial charge in [0.15, 0.2) is 0 Å². The van der Waals surface area contributed by atoms with Crippen molar-refractivity contribution in [1.82, 2.24) is 10.6 Å². The molecule has 0 fully saturated rings. The number of carbonyl (C=O) groups excluding carboxylic acids is 2. The van der Waals surface area contributed by atoms with Gasteiger partial charge in [0.2, 0.25) is 11.8 Å². The first-order valence-corrected chi connectivity index (χ1v) is 9.33. The van der Waals surface area contributed by atoms with E-state index < -0.39 is 6.04 Å². The molecule has 0 bridgehead atoms. The van der Waals surface area contributed by atoms with Crippen molar-refractivity contribution in [1.29, 1.82) is 0 Å². The second-order valence-corrected chi connectivity index (χ2v) is 6.28. The summed E-state index contributed by atoms with van der Waals surface area (Å²) in [5.41, 5.74) is 13.8. The van der Waals surface area contributed by atoms with Gasteiger partial charge in [-0.05, 0) is 42.3 Å². The van der Waals surface area contributed by atoms with Crippen molar-refractivity contribution < 1.29 is 19.5 Å². The normalized spacial score (nSPS) is 11.2. The maximum atomic E-state index is 11.6. The molecule has 0 saturated heterocycles. The molecule has 0 saturated carbocycles. The molecule has 0 aromatic heterocycles. The summed E-state index contributed by atoms with van der Waals surface area (Å²) in [6, 6.07) is 11.5. The molecule has 2 rings (SSSR count). The molecule has 0 unspecified atom stereocenters. The molecule has 0 aliphatic rings. The zero-order valence-electron chi connectivity index (χ0n) is 17.4. The standard InChI is InChI=1S/C12H17N3O3.C9H12N2O/c1-7(16)15-10(12(18)14-2)6-8-3-4-11(17)9(13)5-8;1-2-12-11-7-8-3-5-9(10)6-4-8/h3-5,10,17H,6,13H2,1-2H3,(H,14,18)(H,15,16);3-7H,2,10H2,1H3/b;11-7-/t10-;/m0./s1. The third-order valence-corrected chi connectivity index (χ3v) is 3.81. The van der Waals surface area contributed by atoms with Crippen molar-refractivity contribution >= 4 is 29.4 Å². The maximum Gasteiger partial charge on any atom is 0.242 e. The van der Waals surface area contributed by atoms with Gasteiger partial charge in [0.1, 0.15) is 18.4 Å². The van der Waals surface area contributed by atoms with Crippen molar-refractivity contribution in [3.8, 4) is 5.75 Å². The lowest BCUT2D eigenvalue weighted by atomic mass is 10.0. The molecule has 9 heteroatoms.